The molecule has 2 aromatic carbocycles. The zero-order chi connectivity index (χ0) is 16.8. The van der Waals surface area contributed by atoms with Gasteiger partial charge < -0.3 is 0 Å². The Morgan fingerprint density at radius 3 is 2.62 bits per heavy atom. The molecule has 0 amide bonds. The Kier molecular flexibility index (Phi) is 6.08. The van der Waals surface area contributed by atoms with Crippen LogP contribution in [0.5, 0.6) is 5.75 Å². The maximum absolute atomic E-state index is 12.5. The van der Waals surface area contributed by atoms with E-state index in [1.807, 2.05) is 24.3 Å². The fourth-order valence-electron chi connectivity index (χ4n) is 3.05. The van der Waals surface area contributed by atoms with Crippen LogP contribution in [0.4, 0.5) is 0 Å². The van der Waals surface area contributed by atoms with Crippen molar-refractivity contribution in [3.05, 3.63) is 60.2 Å². The van der Waals surface area contributed by atoms with Crippen LogP contribution < -0.4 is 9.20 Å². The van der Waals surface area contributed by atoms with Gasteiger partial charge in [-0.15, -0.1) is 0 Å². The summed E-state index contributed by atoms with van der Waals surface area (Å²) < 4.78 is 6.60. The first-order chi connectivity index (χ1) is 11.8. The van der Waals surface area contributed by atoms with Crippen molar-refractivity contribution in [3.63, 3.8) is 0 Å². The van der Waals surface area contributed by atoms with Gasteiger partial charge in [-0.2, -0.15) is 0 Å². The Labute approximate surface area is 150 Å². The molecular weight excluding hydrogens is 365 g/mol. The molecule has 2 aromatic rings. The first-order valence-electron chi connectivity index (χ1n) is 8.35. The van der Waals surface area contributed by atoms with Gasteiger partial charge in [-0.05, 0) is 0 Å². The third kappa shape index (κ3) is 4.47. The van der Waals surface area contributed by atoms with Crippen LogP contribution in [0.1, 0.15) is 23.2 Å². The van der Waals surface area contributed by atoms with Crippen molar-refractivity contribution >= 4 is 25.2 Å². The molecule has 0 saturated carbocycles. The molecule has 4 heteroatoms. The Hall–Kier alpha value is -1.61. The Morgan fingerprint density at radius 2 is 1.92 bits per heavy atom. The zero-order valence-electron chi connectivity index (χ0n) is 14.0. The van der Waals surface area contributed by atoms with Crippen molar-refractivity contribution in [2.45, 2.75) is 24.2 Å². The quantitative estimate of drug-likeness (QED) is 0.540. The molecule has 1 heterocycles. The summed E-state index contributed by atoms with van der Waals surface area (Å²) in [5.41, 5.74) is 0.773. The molecule has 0 spiro atoms. The number of nitrogens with zero attached hydrogens (tertiary/aromatic N) is 1. The van der Waals surface area contributed by atoms with Crippen molar-refractivity contribution in [1.82, 2.24) is 4.90 Å². The van der Waals surface area contributed by atoms with Gasteiger partial charge >= 0.3 is 150 Å². The maximum atomic E-state index is 12.5. The van der Waals surface area contributed by atoms with E-state index in [9.17, 15) is 4.79 Å². The van der Waals surface area contributed by atoms with Gasteiger partial charge in [0, 0.05) is 0 Å². The number of hydrogen-bond acceptors (Lipinski definition) is 3. The van der Waals surface area contributed by atoms with Crippen LogP contribution in [0.15, 0.2) is 54.6 Å². The van der Waals surface area contributed by atoms with Gasteiger partial charge in [-0.1, -0.05) is 0 Å². The number of likely N-dealkylation sites (tertiary alicyclic amines) is 1. The second kappa shape index (κ2) is 8.48. The number of rotatable bonds is 7. The molecule has 3 nitrogen and oxygen atoms in total. The first kappa shape index (κ1) is 17.2. The molecule has 126 valence electrons. The summed E-state index contributed by atoms with van der Waals surface area (Å²) in [5, 5.41) is 1.19. The summed E-state index contributed by atoms with van der Waals surface area (Å²) in [7, 11) is 1.64. The molecule has 1 fully saturated rings. The average Bonchev–Trinajstić information content (AvgIpc) is 3.08. The molecule has 0 bridgehead atoms. The van der Waals surface area contributed by atoms with Crippen LogP contribution in [0.25, 0.3) is 0 Å². The fourth-order valence-corrected chi connectivity index (χ4v) is 5.39. The van der Waals surface area contributed by atoms with Crippen molar-refractivity contribution in [2.24, 2.45) is 0 Å². The average molecular weight is 388 g/mol. The molecule has 0 radical (unpaired) electrons. The summed E-state index contributed by atoms with van der Waals surface area (Å²) in [6, 6.07) is 18.7. The number of ether oxygens (including phenoxy) is 1. The van der Waals surface area contributed by atoms with E-state index in [-0.39, 0.29) is 5.78 Å². The summed E-state index contributed by atoms with van der Waals surface area (Å²) in [6.45, 7) is 1.57. The zero-order valence-corrected chi connectivity index (χ0v) is 15.7. The minimum atomic E-state index is 0.205. The Bertz CT molecular complexity index is 657. The predicted octanol–water partition coefficient (Wildman–Crippen LogP) is 2.79. The second-order valence-electron chi connectivity index (χ2n) is 6.04. The van der Waals surface area contributed by atoms with Gasteiger partial charge in [0.1, 0.15) is 0 Å². The molecule has 3 rings (SSSR count). The Morgan fingerprint density at radius 1 is 1.17 bits per heavy atom. The van der Waals surface area contributed by atoms with Crippen molar-refractivity contribution in [2.75, 3.05) is 20.2 Å². The molecule has 0 N–H and O–H groups in total. The number of Topliss-reactive ketones (excluding diaryl/α,β-unsaturated/α-hetero) is 1. The number of carbonyl (C=O) groups is 1. The third-order valence-electron chi connectivity index (χ3n) is 4.44. The van der Waals surface area contributed by atoms with Crippen LogP contribution in [0.2, 0.25) is 5.32 Å². The molecule has 0 aliphatic carbocycles. The second-order valence-corrected chi connectivity index (χ2v) is 8.34. The predicted molar refractivity (Wildman–Crippen MR) is 98.6 cm³/mol. The number of carbonyl (C=O) groups excluding carboxylic acids is 1. The van der Waals surface area contributed by atoms with Gasteiger partial charge in [-0.25, -0.2) is 0 Å². The van der Waals surface area contributed by atoms with Gasteiger partial charge in [0.2, 0.25) is 0 Å². The van der Waals surface area contributed by atoms with E-state index in [0.29, 0.717) is 27.5 Å². The van der Waals surface area contributed by atoms with Crippen LogP contribution in [0.3, 0.4) is 0 Å². The number of hydrogen-bond donors (Lipinski definition) is 0. The molecule has 24 heavy (non-hydrogen) atoms. The van der Waals surface area contributed by atoms with Gasteiger partial charge in [0.05, 0.1) is 0 Å². The van der Waals surface area contributed by atoms with Crippen molar-refractivity contribution < 1.29 is 9.53 Å². The molecule has 1 aliphatic heterocycles. The van der Waals surface area contributed by atoms with Crippen LogP contribution in [0, 0.1) is 0 Å². The normalized spacial score (nSPS) is 17.8. The molecule has 1 aliphatic rings. The van der Waals surface area contributed by atoms with Gasteiger partial charge in [0.15, 0.2) is 0 Å². The number of benzene rings is 2. The topological polar surface area (TPSA) is 29.5 Å². The molecular formula is C20H23NO2Se. The third-order valence-corrected chi connectivity index (χ3v) is 6.87. The van der Waals surface area contributed by atoms with Crippen molar-refractivity contribution in [3.8, 4) is 5.75 Å². The minimum absolute atomic E-state index is 0.205. The summed E-state index contributed by atoms with van der Waals surface area (Å²) in [5.74, 6) is 0.993. The first-order valence-corrected chi connectivity index (χ1v) is 10.4. The van der Waals surface area contributed by atoms with E-state index in [4.69, 9.17) is 4.74 Å². The van der Waals surface area contributed by atoms with E-state index in [1.54, 1.807) is 7.11 Å². The molecule has 0 unspecified atom stereocenters. The summed E-state index contributed by atoms with van der Waals surface area (Å²) in [4.78, 5) is 14.9. The van der Waals surface area contributed by atoms with Crippen LogP contribution in [-0.2, 0) is 0 Å². The van der Waals surface area contributed by atoms with E-state index in [1.165, 1.54) is 22.6 Å². The van der Waals surface area contributed by atoms with E-state index in [0.717, 1.165) is 17.9 Å². The van der Waals surface area contributed by atoms with Crippen molar-refractivity contribution in [1.29, 1.82) is 0 Å². The summed E-state index contributed by atoms with van der Waals surface area (Å²) >= 11 is 0.484. The van der Waals surface area contributed by atoms with E-state index < -0.39 is 0 Å². The van der Waals surface area contributed by atoms with Crippen LogP contribution >= 0.6 is 0 Å². The fraction of sp³-hybridized carbons (Fsp3) is 0.350. The van der Waals surface area contributed by atoms with Gasteiger partial charge in [-0.3, -0.25) is 0 Å². The van der Waals surface area contributed by atoms with E-state index in [2.05, 4.69) is 35.2 Å². The molecule has 1 atom stereocenters. The molecule has 0 aromatic heterocycles. The van der Waals surface area contributed by atoms with Gasteiger partial charge in [0.25, 0.3) is 0 Å². The Balaban J connectivity index is 1.55. The summed E-state index contributed by atoms with van der Waals surface area (Å²) in [6.07, 6.45) is 2.41. The van der Waals surface area contributed by atoms with Crippen LogP contribution in [-0.4, -0.2) is 51.9 Å². The number of ketones is 1. The SMILES string of the molecule is COc1ccc(C(=O)CN2CCC[C@H]2C[Se]c2ccccc2)cc1. The standard InChI is InChI=1S/C20H23NO2Se/c1-23-18-11-9-16(10-12-18)20(22)14-21-13-5-6-17(21)15-24-19-7-3-2-4-8-19/h2-4,7-12,17H,5-6,13-15H2,1H3/t17-/m0/s1. The monoisotopic (exact) mass is 389 g/mol. The van der Waals surface area contributed by atoms with E-state index >= 15 is 0 Å². The number of methoxy groups -OCH3 is 1. The molecule has 1 saturated heterocycles.